The lowest BCUT2D eigenvalue weighted by Crippen LogP contribution is -2.61. The zero-order valence-electron chi connectivity index (χ0n) is 16.6. The Balaban J connectivity index is 1.80. The number of alkyl halides is 6. The van der Waals surface area contributed by atoms with Gasteiger partial charge in [-0.05, 0) is 17.7 Å². The normalized spacial score (nSPS) is 29.3. The number of rotatable bonds is 5. The molecule has 0 radical (unpaired) electrons. The molecular formula is C18H20F6N2O5S. The molecule has 1 saturated heterocycles. The first-order valence-electron chi connectivity index (χ1n) is 9.23. The number of fused-ring (bicyclic) bond motifs is 1. The molecule has 0 aliphatic carbocycles. The zero-order valence-corrected chi connectivity index (χ0v) is 17.5. The maximum absolute atomic E-state index is 13.7. The molecule has 0 spiro atoms. The molecule has 2 aliphatic rings. The molecule has 32 heavy (non-hydrogen) atoms. The topological polar surface area (TPSA) is 92.5 Å². The fourth-order valence-electron chi connectivity index (χ4n) is 3.39. The van der Waals surface area contributed by atoms with Crippen molar-refractivity contribution in [1.29, 1.82) is 0 Å². The summed E-state index contributed by atoms with van der Waals surface area (Å²) in [6.07, 6.45) is -18.2. The van der Waals surface area contributed by atoms with Gasteiger partial charge in [-0.15, -0.1) is 0 Å². The van der Waals surface area contributed by atoms with Crippen molar-refractivity contribution in [3.05, 3.63) is 29.3 Å². The van der Waals surface area contributed by atoms with Crippen LogP contribution >= 0.6 is 11.8 Å². The standard InChI is InChI=1S/C18H20F6N2O5S/c1-25-16-26-10-11(27)12(28)13(31-15(10)32-16)14(18(22,23)24)30-6-7-3-4-9(29-2)8(5-7)17(19,20)21/h3-5,10-15,27-28H,6H2,1-2H3,(H,25,26)/t10-,11-,12+,13?,14-,15-/m1/s1. The highest BCUT2D eigenvalue weighted by Crippen LogP contribution is 2.41. The summed E-state index contributed by atoms with van der Waals surface area (Å²) in [5, 5.41) is 23.6. The SMILES string of the molecule is CNC1=N[C@@H]2[C@@H](O)[C@H](O)C([C@@H](OCc3ccc(OC)c(C(F)(F)F)c3)C(F)(F)F)O[C@@H]2S1. The molecule has 6 atom stereocenters. The number of benzene rings is 1. The van der Waals surface area contributed by atoms with Crippen molar-refractivity contribution in [2.45, 2.75) is 54.9 Å². The number of nitrogens with one attached hydrogen (secondary N) is 1. The molecule has 1 aromatic carbocycles. The predicted octanol–water partition coefficient (Wildman–Crippen LogP) is 2.30. The Labute approximate surface area is 182 Å². The molecule has 3 N–H and O–H groups in total. The molecule has 3 rings (SSSR count). The molecule has 180 valence electrons. The summed E-state index contributed by atoms with van der Waals surface area (Å²) >= 11 is 0.939. The summed E-state index contributed by atoms with van der Waals surface area (Å²) in [6, 6.07) is 1.73. The summed E-state index contributed by atoms with van der Waals surface area (Å²) in [6.45, 7) is -0.862. The molecule has 1 aromatic rings. The van der Waals surface area contributed by atoms with Gasteiger partial charge in [0.15, 0.2) is 11.3 Å². The summed E-state index contributed by atoms with van der Waals surface area (Å²) in [4.78, 5) is 4.05. The Kier molecular flexibility index (Phi) is 7.20. The number of nitrogens with zero attached hydrogens (tertiary/aromatic N) is 1. The first-order chi connectivity index (χ1) is 14.9. The lowest BCUT2D eigenvalue weighted by molar-refractivity contribution is -0.287. The molecule has 0 bridgehead atoms. The van der Waals surface area contributed by atoms with Crippen molar-refractivity contribution in [2.75, 3.05) is 14.2 Å². The Morgan fingerprint density at radius 1 is 1.19 bits per heavy atom. The lowest BCUT2D eigenvalue weighted by Gasteiger charge is -2.41. The van der Waals surface area contributed by atoms with Gasteiger partial charge in [-0.2, -0.15) is 26.3 Å². The summed E-state index contributed by atoms with van der Waals surface area (Å²) < 4.78 is 95.6. The van der Waals surface area contributed by atoms with E-state index in [1.165, 1.54) is 7.05 Å². The van der Waals surface area contributed by atoms with Crippen molar-refractivity contribution in [3.8, 4) is 5.75 Å². The number of thioether (sulfide) groups is 1. The second kappa shape index (κ2) is 9.25. The highest BCUT2D eigenvalue weighted by Gasteiger charge is 2.57. The molecule has 1 unspecified atom stereocenters. The van der Waals surface area contributed by atoms with E-state index in [0.29, 0.717) is 11.2 Å². The van der Waals surface area contributed by atoms with Gasteiger partial charge in [0.05, 0.1) is 19.3 Å². The number of aliphatic hydroxyl groups is 2. The molecule has 1 fully saturated rings. The van der Waals surface area contributed by atoms with Gasteiger partial charge in [0.1, 0.15) is 35.5 Å². The van der Waals surface area contributed by atoms with Gasteiger partial charge in [0.25, 0.3) is 0 Å². The molecule has 2 aliphatic heterocycles. The van der Waals surface area contributed by atoms with Crippen LogP contribution in [0.3, 0.4) is 0 Å². The number of halogens is 6. The largest absolute Gasteiger partial charge is 0.496 e. The third-order valence-electron chi connectivity index (χ3n) is 4.93. The fourth-order valence-corrected chi connectivity index (χ4v) is 4.45. The Hall–Kier alpha value is -1.74. The van der Waals surface area contributed by atoms with Crippen LogP contribution in [-0.2, 0) is 22.3 Å². The number of aliphatic hydroxyl groups excluding tert-OH is 2. The average molecular weight is 490 g/mol. The van der Waals surface area contributed by atoms with Gasteiger partial charge in [-0.3, -0.25) is 4.99 Å². The third-order valence-corrected chi connectivity index (χ3v) is 6.09. The number of aliphatic imine (C=N–C) groups is 1. The molecule has 7 nitrogen and oxygen atoms in total. The van der Waals surface area contributed by atoms with E-state index in [1.807, 2.05) is 0 Å². The number of hydrogen-bond acceptors (Lipinski definition) is 8. The predicted molar refractivity (Wildman–Crippen MR) is 101 cm³/mol. The van der Waals surface area contributed by atoms with Crippen LogP contribution in [0.25, 0.3) is 0 Å². The molecule has 0 aromatic heterocycles. The third kappa shape index (κ3) is 5.09. The van der Waals surface area contributed by atoms with E-state index in [2.05, 4.69) is 15.0 Å². The smallest absolute Gasteiger partial charge is 0.419 e. The van der Waals surface area contributed by atoms with Crippen LogP contribution in [0.4, 0.5) is 26.3 Å². The molecule has 0 amide bonds. The highest BCUT2D eigenvalue weighted by atomic mass is 32.2. The van der Waals surface area contributed by atoms with Gasteiger partial charge in [0.2, 0.25) is 0 Å². The van der Waals surface area contributed by atoms with Gasteiger partial charge >= 0.3 is 12.4 Å². The van der Waals surface area contributed by atoms with Crippen LogP contribution < -0.4 is 10.1 Å². The minimum absolute atomic E-state index is 0.202. The van der Waals surface area contributed by atoms with Crippen molar-refractivity contribution in [2.24, 2.45) is 4.99 Å². The van der Waals surface area contributed by atoms with Gasteiger partial charge in [0, 0.05) is 7.05 Å². The van der Waals surface area contributed by atoms with Crippen LogP contribution in [0.5, 0.6) is 5.75 Å². The van der Waals surface area contributed by atoms with Crippen LogP contribution in [0, 0.1) is 0 Å². The van der Waals surface area contributed by atoms with Crippen LogP contribution in [-0.4, -0.2) is 71.6 Å². The van der Waals surface area contributed by atoms with E-state index in [-0.39, 0.29) is 5.56 Å². The van der Waals surface area contributed by atoms with E-state index in [0.717, 1.165) is 31.0 Å². The van der Waals surface area contributed by atoms with Gasteiger partial charge in [-0.25, -0.2) is 0 Å². The second-order valence-electron chi connectivity index (χ2n) is 7.05. The molecule has 0 saturated carbocycles. The van der Waals surface area contributed by atoms with E-state index in [9.17, 15) is 36.6 Å². The van der Waals surface area contributed by atoms with Gasteiger partial charge in [-0.1, -0.05) is 17.8 Å². The van der Waals surface area contributed by atoms with E-state index < -0.39 is 66.2 Å². The molecular weight excluding hydrogens is 470 g/mol. The number of methoxy groups -OCH3 is 1. The number of amidine groups is 1. The van der Waals surface area contributed by atoms with E-state index >= 15 is 0 Å². The Bertz CT molecular complexity index is 852. The lowest BCUT2D eigenvalue weighted by atomic mass is 9.94. The summed E-state index contributed by atoms with van der Waals surface area (Å²) in [7, 11) is 2.56. The van der Waals surface area contributed by atoms with E-state index in [4.69, 9.17) is 9.47 Å². The summed E-state index contributed by atoms with van der Waals surface area (Å²) in [5.74, 6) is -0.493. The first kappa shape index (κ1) is 24.9. The van der Waals surface area contributed by atoms with Crippen molar-refractivity contribution in [3.63, 3.8) is 0 Å². The van der Waals surface area contributed by atoms with Crippen molar-refractivity contribution in [1.82, 2.24) is 5.32 Å². The Morgan fingerprint density at radius 3 is 2.44 bits per heavy atom. The first-order valence-corrected chi connectivity index (χ1v) is 10.1. The Morgan fingerprint density at radius 2 is 1.88 bits per heavy atom. The highest BCUT2D eigenvalue weighted by molar-refractivity contribution is 8.14. The average Bonchev–Trinajstić information content (AvgIpc) is 3.13. The van der Waals surface area contributed by atoms with Crippen molar-refractivity contribution < 1.29 is 50.8 Å². The minimum Gasteiger partial charge on any atom is -0.496 e. The maximum Gasteiger partial charge on any atom is 0.419 e. The monoisotopic (exact) mass is 490 g/mol. The minimum atomic E-state index is -5.05. The van der Waals surface area contributed by atoms with E-state index in [1.54, 1.807) is 0 Å². The zero-order chi connectivity index (χ0) is 23.8. The maximum atomic E-state index is 13.7. The van der Waals surface area contributed by atoms with Gasteiger partial charge < -0.3 is 29.7 Å². The fraction of sp³-hybridized carbons (Fsp3) is 0.611. The van der Waals surface area contributed by atoms with Crippen LogP contribution in [0.1, 0.15) is 11.1 Å². The molecule has 2 heterocycles. The van der Waals surface area contributed by atoms with Crippen molar-refractivity contribution >= 4 is 16.9 Å². The van der Waals surface area contributed by atoms with Crippen LogP contribution in [0.15, 0.2) is 23.2 Å². The van der Waals surface area contributed by atoms with Crippen LogP contribution in [0.2, 0.25) is 0 Å². The second-order valence-corrected chi connectivity index (χ2v) is 8.14. The number of ether oxygens (including phenoxy) is 3. The number of hydrogen-bond donors (Lipinski definition) is 3. The summed E-state index contributed by atoms with van der Waals surface area (Å²) in [5.41, 5.74) is -2.38. The quantitative estimate of drug-likeness (QED) is 0.546. The molecule has 14 heteroatoms.